The van der Waals surface area contributed by atoms with Gasteiger partial charge in [0.1, 0.15) is 0 Å². The van der Waals surface area contributed by atoms with E-state index in [9.17, 15) is 0 Å². The standard InChI is InChI=1S/C12H23IN2/c1-11(2)14-7-3-12(4-8-14)5-9-15(13)10-6-12/h11H,3-10H2,1-2H3. The number of halogens is 1. The first-order chi connectivity index (χ1) is 7.11. The molecule has 0 amide bonds. The molecule has 3 heteroatoms. The van der Waals surface area contributed by atoms with Gasteiger partial charge in [-0.05, 0) is 58.0 Å². The molecule has 0 aromatic heterocycles. The molecular formula is C12H23IN2. The molecule has 0 aromatic rings. The lowest BCUT2D eigenvalue weighted by Gasteiger charge is -2.46. The van der Waals surface area contributed by atoms with Crippen LogP contribution in [-0.4, -0.2) is 40.2 Å². The van der Waals surface area contributed by atoms with Gasteiger partial charge in [0.05, 0.1) is 0 Å². The summed E-state index contributed by atoms with van der Waals surface area (Å²) >= 11 is 2.47. The Balaban J connectivity index is 1.86. The van der Waals surface area contributed by atoms with E-state index in [1.54, 1.807) is 0 Å². The highest BCUT2D eigenvalue weighted by molar-refractivity contribution is 14.1. The average Bonchev–Trinajstić information content (AvgIpc) is 2.24. The molecule has 2 nitrogen and oxygen atoms in total. The van der Waals surface area contributed by atoms with Crippen molar-refractivity contribution in [2.45, 2.75) is 45.6 Å². The Bertz CT molecular complexity index is 200. The molecule has 2 rings (SSSR count). The Hall–Kier alpha value is 0.650. The van der Waals surface area contributed by atoms with Crippen molar-refractivity contribution < 1.29 is 0 Å². The summed E-state index contributed by atoms with van der Waals surface area (Å²) in [5.74, 6) is 0. The van der Waals surface area contributed by atoms with Crippen LogP contribution in [-0.2, 0) is 0 Å². The minimum atomic E-state index is 0.715. The lowest BCUT2D eigenvalue weighted by Crippen LogP contribution is -2.46. The molecule has 0 atom stereocenters. The minimum absolute atomic E-state index is 0.715. The van der Waals surface area contributed by atoms with Gasteiger partial charge in [-0.2, -0.15) is 0 Å². The predicted octanol–water partition coefficient (Wildman–Crippen LogP) is 2.92. The molecule has 2 aliphatic heterocycles. The Morgan fingerprint density at radius 2 is 1.40 bits per heavy atom. The lowest BCUT2D eigenvalue weighted by atomic mass is 9.71. The molecule has 2 heterocycles. The van der Waals surface area contributed by atoms with E-state index in [1.807, 2.05) is 0 Å². The molecule has 15 heavy (non-hydrogen) atoms. The molecule has 2 fully saturated rings. The van der Waals surface area contributed by atoms with Crippen molar-refractivity contribution in [3.05, 3.63) is 0 Å². The number of hydrogen-bond acceptors (Lipinski definition) is 2. The van der Waals surface area contributed by atoms with E-state index in [0.29, 0.717) is 5.41 Å². The highest BCUT2D eigenvalue weighted by atomic mass is 127. The second-order valence-electron chi connectivity index (χ2n) is 5.54. The van der Waals surface area contributed by atoms with Crippen molar-refractivity contribution in [1.29, 1.82) is 0 Å². The first kappa shape index (κ1) is 12.1. The zero-order valence-corrected chi connectivity index (χ0v) is 12.2. The average molecular weight is 322 g/mol. The molecule has 0 N–H and O–H groups in total. The molecule has 0 aliphatic carbocycles. The molecule has 88 valence electrons. The largest absolute Gasteiger partial charge is 0.301 e. The minimum Gasteiger partial charge on any atom is -0.301 e. The number of nitrogens with zero attached hydrogens (tertiary/aromatic N) is 2. The molecule has 0 unspecified atom stereocenters. The molecule has 2 aliphatic rings. The van der Waals surface area contributed by atoms with Gasteiger partial charge in [-0.3, -0.25) is 0 Å². The van der Waals surface area contributed by atoms with Gasteiger partial charge >= 0.3 is 0 Å². The Morgan fingerprint density at radius 1 is 0.933 bits per heavy atom. The van der Waals surface area contributed by atoms with Crippen LogP contribution in [0.3, 0.4) is 0 Å². The first-order valence-electron chi connectivity index (χ1n) is 6.26. The third-order valence-corrected chi connectivity index (χ3v) is 5.32. The van der Waals surface area contributed by atoms with Crippen molar-refractivity contribution in [2.75, 3.05) is 26.2 Å². The molecule has 1 spiro atoms. The number of piperidine rings is 2. The summed E-state index contributed by atoms with van der Waals surface area (Å²) < 4.78 is 2.46. The maximum absolute atomic E-state index is 2.64. The second kappa shape index (κ2) is 4.88. The SMILES string of the molecule is CC(C)N1CCC2(CCN(I)CC2)CC1. The van der Waals surface area contributed by atoms with E-state index in [1.165, 1.54) is 51.9 Å². The highest BCUT2D eigenvalue weighted by Gasteiger charge is 2.37. The quantitative estimate of drug-likeness (QED) is 0.541. The summed E-state index contributed by atoms with van der Waals surface area (Å²) in [6.07, 6.45) is 5.75. The van der Waals surface area contributed by atoms with Crippen LogP contribution < -0.4 is 0 Å². The van der Waals surface area contributed by atoms with Gasteiger partial charge in [-0.15, -0.1) is 0 Å². The van der Waals surface area contributed by atoms with Crippen LogP contribution in [0.2, 0.25) is 0 Å². The summed E-state index contributed by atoms with van der Waals surface area (Å²) in [5, 5.41) is 0. The smallest absolute Gasteiger partial charge is 0.0201 e. The summed E-state index contributed by atoms with van der Waals surface area (Å²) in [4.78, 5) is 2.64. The number of likely N-dealkylation sites (tertiary alicyclic amines) is 1. The molecule has 0 bridgehead atoms. The zero-order chi connectivity index (χ0) is 10.9. The number of rotatable bonds is 1. The van der Waals surface area contributed by atoms with Crippen LogP contribution >= 0.6 is 22.9 Å². The van der Waals surface area contributed by atoms with Crippen LogP contribution in [0.5, 0.6) is 0 Å². The summed E-state index contributed by atoms with van der Waals surface area (Å²) in [7, 11) is 0. The summed E-state index contributed by atoms with van der Waals surface area (Å²) in [6, 6.07) is 0.743. The fraction of sp³-hybridized carbons (Fsp3) is 1.00. The van der Waals surface area contributed by atoms with Gasteiger partial charge in [-0.25, -0.2) is 3.11 Å². The van der Waals surface area contributed by atoms with Gasteiger partial charge in [0, 0.05) is 42.0 Å². The van der Waals surface area contributed by atoms with Gasteiger partial charge in [0.2, 0.25) is 0 Å². The van der Waals surface area contributed by atoms with Gasteiger partial charge in [0.25, 0.3) is 0 Å². The highest BCUT2D eigenvalue weighted by Crippen LogP contribution is 2.42. The van der Waals surface area contributed by atoms with Gasteiger partial charge in [0.15, 0.2) is 0 Å². The van der Waals surface area contributed by atoms with Crippen molar-refractivity contribution in [3.8, 4) is 0 Å². The monoisotopic (exact) mass is 322 g/mol. The molecule has 2 saturated heterocycles. The second-order valence-corrected chi connectivity index (χ2v) is 6.90. The van der Waals surface area contributed by atoms with Crippen molar-refractivity contribution >= 4 is 22.9 Å². The van der Waals surface area contributed by atoms with Crippen LogP contribution in [0.25, 0.3) is 0 Å². The van der Waals surface area contributed by atoms with E-state index in [2.05, 4.69) is 44.7 Å². The molecule has 0 radical (unpaired) electrons. The number of hydrogen-bond donors (Lipinski definition) is 0. The van der Waals surface area contributed by atoms with Crippen LogP contribution in [0.4, 0.5) is 0 Å². The van der Waals surface area contributed by atoms with Crippen molar-refractivity contribution in [1.82, 2.24) is 8.01 Å². The Morgan fingerprint density at radius 3 is 1.87 bits per heavy atom. The lowest BCUT2D eigenvalue weighted by molar-refractivity contribution is 0.0479. The Kier molecular flexibility index (Phi) is 3.94. The molecule has 0 aromatic carbocycles. The maximum atomic E-state index is 2.64. The third kappa shape index (κ3) is 2.86. The van der Waals surface area contributed by atoms with Gasteiger partial charge in [-0.1, -0.05) is 0 Å². The zero-order valence-electron chi connectivity index (χ0n) is 10.0. The van der Waals surface area contributed by atoms with E-state index in [4.69, 9.17) is 0 Å². The van der Waals surface area contributed by atoms with E-state index >= 15 is 0 Å². The van der Waals surface area contributed by atoms with Crippen molar-refractivity contribution in [2.24, 2.45) is 5.41 Å². The molecular weight excluding hydrogens is 299 g/mol. The third-order valence-electron chi connectivity index (χ3n) is 4.36. The first-order valence-corrected chi connectivity index (χ1v) is 7.23. The summed E-state index contributed by atoms with van der Waals surface area (Å²) in [6.45, 7) is 9.93. The summed E-state index contributed by atoms with van der Waals surface area (Å²) in [5.41, 5.74) is 0.715. The predicted molar refractivity (Wildman–Crippen MR) is 73.2 cm³/mol. The van der Waals surface area contributed by atoms with E-state index in [0.717, 1.165) is 6.04 Å². The topological polar surface area (TPSA) is 6.48 Å². The normalized spacial score (nSPS) is 28.8. The molecule has 0 saturated carbocycles. The Labute approximate surface area is 108 Å². The van der Waals surface area contributed by atoms with Crippen LogP contribution in [0, 0.1) is 5.41 Å². The van der Waals surface area contributed by atoms with Gasteiger partial charge < -0.3 is 4.90 Å². The maximum Gasteiger partial charge on any atom is 0.0201 e. The van der Waals surface area contributed by atoms with E-state index in [-0.39, 0.29) is 0 Å². The van der Waals surface area contributed by atoms with Crippen LogP contribution in [0.1, 0.15) is 39.5 Å². The fourth-order valence-corrected chi connectivity index (χ4v) is 3.45. The van der Waals surface area contributed by atoms with E-state index < -0.39 is 0 Å². The fourth-order valence-electron chi connectivity index (χ4n) is 2.97. The van der Waals surface area contributed by atoms with Crippen molar-refractivity contribution in [3.63, 3.8) is 0 Å². The van der Waals surface area contributed by atoms with Crippen LogP contribution in [0.15, 0.2) is 0 Å².